The molecule has 0 saturated heterocycles. The Labute approximate surface area is 411 Å². The molecule has 16 rings (SSSR count). The second-order valence-corrected chi connectivity index (χ2v) is 19.2. The van der Waals surface area contributed by atoms with Gasteiger partial charge >= 0.3 is 0 Å². The van der Waals surface area contributed by atoms with Crippen LogP contribution in [-0.2, 0) is 6.42 Å². The van der Waals surface area contributed by atoms with E-state index in [2.05, 4.69) is 146 Å². The Balaban J connectivity index is 0.976. The molecule has 3 aromatic heterocycles. The molecule has 0 N–H and O–H groups in total. The Hall–Kier alpha value is -9.52. The van der Waals surface area contributed by atoms with Crippen molar-refractivity contribution in [3.63, 3.8) is 0 Å². The maximum atomic E-state index is 6.25. The summed E-state index contributed by atoms with van der Waals surface area (Å²) >= 11 is 0. The van der Waals surface area contributed by atoms with Gasteiger partial charge < -0.3 is 8.83 Å². The zero-order chi connectivity index (χ0) is 47.0. The van der Waals surface area contributed by atoms with Gasteiger partial charge in [-0.05, 0) is 155 Å². The summed E-state index contributed by atoms with van der Waals surface area (Å²) in [6.45, 7) is 0. The number of hydrogen-bond donors (Lipinski definition) is 0. The molecule has 1 aliphatic rings. The smallest absolute Gasteiger partial charge is 0.227 e. The standard InChI is InChI=1S/C66H38N4O2/c1-3-13-56-54(11-1)67-65(71-56)45-23-19-43(20-24-45)62-53-36-47(48-31-27-41-17-15-37-7-5-9-39-29-33-50(48)60(41)58(37)39)35-52(49-32-28-42-18-16-38-8-6-10-40-30-34-51(49)61(42)59(38)40)63(53)70-64(69-62)44-21-25-46(26-22-44)66-68-55-12-2-4-14-57(55)72-66/h1-4,6-8,10-36H,5,9H2. The van der Waals surface area contributed by atoms with E-state index < -0.39 is 0 Å². The average Bonchev–Trinajstić information content (AvgIpc) is 4.09. The van der Waals surface area contributed by atoms with Crippen LogP contribution in [-0.4, -0.2) is 19.9 Å². The maximum Gasteiger partial charge on any atom is 0.227 e. The molecule has 6 nitrogen and oxygen atoms in total. The Morgan fingerprint density at radius 2 is 0.931 bits per heavy atom. The third-order valence-corrected chi connectivity index (χ3v) is 15.1. The van der Waals surface area contributed by atoms with Crippen LogP contribution in [0.1, 0.15) is 12.0 Å². The maximum absolute atomic E-state index is 6.25. The summed E-state index contributed by atoms with van der Waals surface area (Å²) in [6.07, 6.45) is 4.51. The number of rotatable bonds is 6. The van der Waals surface area contributed by atoms with E-state index in [1.807, 2.05) is 60.7 Å². The molecule has 0 radical (unpaired) electrons. The fourth-order valence-corrected chi connectivity index (χ4v) is 11.7. The van der Waals surface area contributed by atoms with Crippen molar-refractivity contribution in [2.24, 2.45) is 0 Å². The van der Waals surface area contributed by atoms with Crippen molar-refractivity contribution in [3.8, 4) is 67.8 Å². The lowest BCUT2D eigenvalue weighted by Crippen LogP contribution is -2.10. The zero-order valence-electron chi connectivity index (χ0n) is 38.6. The monoisotopic (exact) mass is 918 g/mol. The van der Waals surface area contributed by atoms with E-state index >= 15 is 0 Å². The van der Waals surface area contributed by atoms with E-state index in [0.717, 1.165) is 90.6 Å². The summed E-state index contributed by atoms with van der Waals surface area (Å²) in [4.78, 5) is 20.8. The third-order valence-electron chi connectivity index (χ3n) is 15.1. The van der Waals surface area contributed by atoms with Gasteiger partial charge in [-0.25, -0.2) is 19.9 Å². The summed E-state index contributed by atoms with van der Waals surface area (Å²) in [6, 6.07) is 71.3. The second kappa shape index (κ2) is 15.0. The van der Waals surface area contributed by atoms with Gasteiger partial charge in [-0.2, -0.15) is 0 Å². The summed E-state index contributed by atoms with van der Waals surface area (Å²) in [7, 11) is 0. The number of oxazole rings is 2. The van der Waals surface area contributed by atoms with Crippen molar-refractivity contribution in [3.05, 3.63) is 211 Å². The van der Waals surface area contributed by atoms with Gasteiger partial charge in [0.15, 0.2) is 17.0 Å². The van der Waals surface area contributed by atoms with Gasteiger partial charge in [0.05, 0.1) is 11.2 Å². The molecule has 0 amide bonds. The van der Waals surface area contributed by atoms with Crippen LogP contribution in [0, 0.1) is 0 Å². The largest absolute Gasteiger partial charge is 0.436 e. The van der Waals surface area contributed by atoms with Gasteiger partial charge in [0, 0.05) is 33.2 Å². The second-order valence-electron chi connectivity index (χ2n) is 19.2. The Bertz CT molecular complexity index is 4720. The van der Waals surface area contributed by atoms with Gasteiger partial charge in [-0.3, -0.25) is 0 Å². The Kier molecular flexibility index (Phi) is 8.19. The number of aromatic nitrogens is 4. The quantitative estimate of drug-likeness (QED) is 0.155. The molecule has 0 spiro atoms. The first-order chi connectivity index (χ1) is 35.6. The molecule has 0 saturated carbocycles. The summed E-state index contributed by atoms with van der Waals surface area (Å²) in [5.41, 5.74) is 14.3. The first-order valence-corrected chi connectivity index (χ1v) is 24.6. The molecule has 0 atom stereocenters. The lowest BCUT2D eigenvalue weighted by atomic mass is 9.85. The topological polar surface area (TPSA) is 77.8 Å². The highest BCUT2D eigenvalue weighted by Crippen LogP contribution is 2.46. The summed E-state index contributed by atoms with van der Waals surface area (Å²) < 4.78 is 12.4. The molecule has 0 aliphatic heterocycles. The highest BCUT2D eigenvalue weighted by molar-refractivity contribution is 6.26. The first-order valence-electron chi connectivity index (χ1n) is 24.6. The van der Waals surface area contributed by atoms with Gasteiger partial charge in [0.25, 0.3) is 0 Å². The minimum absolute atomic E-state index is 0.570. The molecule has 72 heavy (non-hydrogen) atoms. The number of para-hydroxylation sites is 4. The molecular formula is C66H38N4O2. The van der Waals surface area contributed by atoms with Crippen molar-refractivity contribution < 1.29 is 8.83 Å². The normalized spacial score (nSPS) is 12.7. The van der Waals surface area contributed by atoms with Crippen molar-refractivity contribution in [1.29, 1.82) is 0 Å². The van der Waals surface area contributed by atoms with Crippen LogP contribution in [0.2, 0.25) is 0 Å². The fraction of sp³-hybridized carbons (Fsp3) is 0.0303. The first kappa shape index (κ1) is 39.3. The Morgan fingerprint density at radius 1 is 0.361 bits per heavy atom. The van der Waals surface area contributed by atoms with Crippen LogP contribution in [0.25, 0.3) is 161 Å². The van der Waals surface area contributed by atoms with Gasteiger partial charge in [0.1, 0.15) is 11.0 Å². The lowest BCUT2D eigenvalue weighted by molar-refractivity contribution is 0.619. The number of nitrogens with zero attached hydrogens (tertiary/aromatic N) is 4. The Morgan fingerprint density at radius 3 is 1.64 bits per heavy atom. The molecule has 15 aromatic rings. The van der Waals surface area contributed by atoms with Gasteiger partial charge in [-0.1, -0.05) is 146 Å². The van der Waals surface area contributed by atoms with Gasteiger partial charge in [0.2, 0.25) is 11.8 Å². The number of benzene rings is 12. The van der Waals surface area contributed by atoms with E-state index in [1.165, 1.54) is 70.2 Å². The minimum Gasteiger partial charge on any atom is -0.436 e. The predicted octanol–water partition coefficient (Wildman–Crippen LogP) is 16.6. The minimum atomic E-state index is 0.570. The third kappa shape index (κ3) is 5.90. The average molecular weight is 919 g/mol. The molecule has 6 heteroatoms. The summed E-state index contributed by atoms with van der Waals surface area (Å²) in [5, 5.41) is 14.9. The van der Waals surface area contributed by atoms with Crippen LogP contribution < -0.4 is 5.22 Å². The zero-order valence-corrected chi connectivity index (χ0v) is 38.6. The molecule has 0 fully saturated rings. The fourth-order valence-electron chi connectivity index (χ4n) is 11.7. The molecule has 334 valence electrons. The highest BCUT2D eigenvalue weighted by atomic mass is 16.4. The van der Waals surface area contributed by atoms with Crippen LogP contribution in [0.15, 0.2) is 209 Å². The lowest BCUT2D eigenvalue weighted by Gasteiger charge is -2.20. The molecule has 0 unspecified atom stereocenters. The molecule has 12 aromatic carbocycles. The van der Waals surface area contributed by atoms with E-state index in [4.69, 9.17) is 28.8 Å². The number of fused-ring (bicyclic) bond motifs is 3. The van der Waals surface area contributed by atoms with Crippen molar-refractivity contribution in [2.45, 2.75) is 12.8 Å². The van der Waals surface area contributed by atoms with Crippen molar-refractivity contribution in [2.75, 3.05) is 0 Å². The van der Waals surface area contributed by atoms with Crippen LogP contribution in [0.3, 0.4) is 0 Å². The molecule has 3 heterocycles. The van der Waals surface area contributed by atoms with E-state index in [-0.39, 0.29) is 0 Å². The van der Waals surface area contributed by atoms with Gasteiger partial charge in [-0.15, -0.1) is 0 Å². The number of hydrogen-bond acceptors (Lipinski definition) is 6. The SMILES string of the molecule is C1=c2ccc3ccc(-c4cc(-c5ccc6ccc7cccc8ccc5c6c78)c5nc(-c6ccc(-c7nc8ccccc8o7)cc6)nc(-c6ccc(-c7nc8ccccc8o7)cc6)c5c4)c4ccc(c2c34)CC1. The van der Waals surface area contributed by atoms with Crippen molar-refractivity contribution >= 4 is 93.0 Å². The van der Waals surface area contributed by atoms with Crippen LogP contribution in [0.4, 0.5) is 0 Å². The highest BCUT2D eigenvalue weighted by Gasteiger charge is 2.23. The van der Waals surface area contributed by atoms with E-state index in [9.17, 15) is 0 Å². The molecule has 1 aliphatic carbocycles. The molecule has 0 bridgehead atoms. The summed E-state index contributed by atoms with van der Waals surface area (Å²) in [5.74, 6) is 1.76. The predicted molar refractivity (Wildman–Crippen MR) is 294 cm³/mol. The molecular weight excluding hydrogens is 881 g/mol. The van der Waals surface area contributed by atoms with Crippen molar-refractivity contribution in [1.82, 2.24) is 19.9 Å². The van der Waals surface area contributed by atoms with Crippen LogP contribution in [0.5, 0.6) is 0 Å². The van der Waals surface area contributed by atoms with E-state index in [1.54, 1.807) is 0 Å². The van der Waals surface area contributed by atoms with E-state index in [0.29, 0.717) is 17.6 Å². The van der Waals surface area contributed by atoms with Crippen LogP contribution >= 0.6 is 0 Å². The number of aryl methyl sites for hydroxylation is 1.